The third-order valence-corrected chi connectivity index (χ3v) is 10.6. The number of thiophene rings is 1. The average Bonchev–Trinajstić information content (AvgIpc) is 3.32. The second-order valence-electron chi connectivity index (χ2n) is 10.7. The van der Waals surface area contributed by atoms with Crippen LogP contribution in [0.5, 0.6) is 5.06 Å². The van der Waals surface area contributed by atoms with E-state index in [0.29, 0.717) is 61.5 Å². The largest absolute Gasteiger partial charge is 0.420 e. The van der Waals surface area contributed by atoms with Crippen LogP contribution in [0.3, 0.4) is 0 Å². The number of benzene rings is 2. The minimum absolute atomic E-state index is 0.0523. The summed E-state index contributed by atoms with van der Waals surface area (Å²) >= 11 is 1.29. The molecular formula is C29H31FN4O6S2. The smallest absolute Gasteiger partial charge is 0.399 e. The number of hydrogen-bond acceptors (Lipinski definition) is 8. The van der Waals surface area contributed by atoms with Gasteiger partial charge in [0.1, 0.15) is 5.82 Å². The fraction of sp³-hybridized carbons (Fsp3) is 0.379. The molecule has 2 aromatic carbocycles. The summed E-state index contributed by atoms with van der Waals surface area (Å²) in [6.45, 7) is 4.58. The molecule has 1 N–H and O–H groups in total. The van der Waals surface area contributed by atoms with Crippen LogP contribution in [0.15, 0.2) is 64.9 Å². The summed E-state index contributed by atoms with van der Waals surface area (Å²) in [5.74, 6) is -0.459. The zero-order valence-electron chi connectivity index (χ0n) is 22.9. The number of rotatable bonds is 8. The number of morpholine rings is 1. The minimum atomic E-state index is -3.71. The van der Waals surface area contributed by atoms with Crippen LogP contribution in [0.25, 0.3) is 0 Å². The van der Waals surface area contributed by atoms with E-state index in [1.165, 1.54) is 45.7 Å². The van der Waals surface area contributed by atoms with Crippen molar-refractivity contribution in [2.45, 2.75) is 11.8 Å². The summed E-state index contributed by atoms with van der Waals surface area (Å²) in [4.78, 5) is 28.1. The Hall–Kier alpha value is -3.52. The molecule has 2 amide bonds. The maximum Gasteiger partial charge on any atom is 0.420 e. The monoisotopic (exact) mass is 614 g/mol. The standard InChI is InChI=1S/C29H31FN4O6S2/c1-19(35)31-20-4-7-22(8-5-20)42(37,38)33-16-23-24(17-33)25(23)18-34(29(36)40-28-3-2-14-41-28)21-6-9-27(26(30)15-21)32-10-12-39-13-11-32/h2-9,14-15,23-25H,10-13,16-18H2,1H3,(H,31,35). The lowest BCUT2D eigenvalue weighted by atomic mass is 10.2. The molecule has 2 unspecified atom stereocenters. The van der Waals surface area contributed by atoms with Gasteiger partial charge in [0.2, 0.25) is 15.9 Å². The van der Waals surface area contributed by atoms with Crippen molar-refractivity contribution < 1.29 is 31.9 Å². The molecule has 13 heteroatoms. The molecule has 0 bridgehead atoms. The van der Waals surface area contributed by atoms with Gasteiger partial charge in [0.05, 0.1) is 29.5 Å². The molecule has 3 aliphatic rings. The van der Waals surface area contributed by atoms with Crippen molar-refractivity contribution in [1.82, 2.24) is 4.31 Å². The molecule has 2 aliphatic heterocycles. The van der Waals surface area contributed by atoms with Crippen LogP contribution in [0, 0.1) is 23.6 Å². The number of piperidine rings is 1. The highest BCUT2D eigenvalue weighted by Gasteiger charge is 2.58. The van der Waals surface area contributed by atoms with Gasteiger partial charge in [-0.2, -0.15) is 4.31 Å². The number of sulfonamides is 1. The van der Waals surface area contributed by atoms with Gasteiger partial charge in [-0.3, -0.25) is 9.69 Å². The predicted octanol–water partition coefficient (Wildman–Crippen LogP) is 4.25. The fourth-order valence-corrected chi connectivity index (χ4v) is 7.91. The van der Waals surface area contributed by atoms with Gasteiger partial charge in [-0.15, -0.1) is 11.3 Å². The van der Waals surface area contributed by atoms with E-state index in [9.17, 15) is 18.0 Å². The van der Waals surface area contributed by atoms with Crippen molar-refractivity contribution in [1.29, 1.82) is 0 Å². The van der Waals surface area contributed by atoms with Crippen molar-refractivity contribution in [3.63, 3.8) is 0 Å². The Kier molecular flexibility index (Phi) is 7.92. The number of carbonyl (C=O) groups is 2. The molecule has 1 aromatic heterocycles. The van der Waals surface area contributed by atoms with E-state index in [0.717, 1.165) is 0 Å². The third kappa shape index (κ3) is 5.87. The van der Waals surface area contributed by atoms with Gasteiger partial charge in [-0.05, 0) is 77.7 Å². The van der Waals surface area contributed by atoms with Crippen molar-refractivity contribution in [2.24, 2.45) is 17.8 Å². The number of fused-ring (bicyclic) bond motifs is 1. The van der Waals surface area contributed by atoms with Crippen molar-refractivity contribution >= 4 is 50.4 Å². The van der Waals surface area contributed by atoms with Gasteiger partial charge in [0.25, 0.3) is 0 Å². The third-order valence-electron chi connectivity index (χ3n) is 8.04. The molecule has 3 fully saturated rings. The topological polar surface area (TPSA) is 108 Å². The number of ether oxygens (including phenoxy) is 2. The summed E-state index contributed by atoms with van der Waals surface area (Å²) < 4.78 is 54.3. The zero-order chi connectivity index (χ0) is 29.4. The highest BCUT2D eigenvalue weighted by atomic mass is 32.2. The molecule has 6 rings (SSSR count). The molecule has 2 saturated heterocycles. The highest BCUT2D eigenvalue weighted by Crippen LogP contribution is 2.53. The van der Waals surface area contributed by atoms with Crippen molar-refractivity contribution in [3.8, 4) is 5.06 Å². The number of carbonyl (C=O) groups excluding carboxylic acids is 2. The Morgan fingerprint density at radius 2 is 1.81 bits per heavy atom. The number of anilines is 3. The highest BCUT2D eigenvalue weighted by molar-refractivity contribution is 7.89. The van der Waals surface area contributed by atoms with E-state index in [1.54, 1.807) is 41.8 Å². The van der Waals surface area contributed by atoms with E-state index in [-0.39, 0.29) is 35.1 Å². The first kappa shape index (κ1) is 28.6. The van der Waals surface area contributed by atoms with E-state index in [2.05, 4.69) is 5.32 Å². The Labute approximate surface area is 247 Å². The second-order valence-corrected chi connectivity index (χ2v) is 13.5. The fourth-order valence-electron chi connectivity index (χ4n) is 5.82. The minimum Gasteiger partial charge on any atom is -0.399 e. The molecular weight excluding hydrogens is 583 g/mol. The molecule has 222 valence electrons. The average molecular weight is 615 g/mol. The molecule has 10 nitrogen and oxygen atoms in total. The van der Waals surface area contributed by atoms with Crippen LogP contribution in [0.4, 0.5) is 26.2 Å². The van der Waals surface area contributed by atoms with E-state index < -0.39 is 21.9 Å². The number of hydrogen-bond donors (Lipinski definition) is 1. The Balaban J connectivity index is 1.15. The molecule has 1 saturated carbocycles. The van der Waals surface area contributed by atoms with E-state index in [4.69, 9.17) is 9.47 Å². The molecule has 1 aliphatic carbocycles. The van der Waals surface area contributed by atoms with Crippen LogP contribution >= 0.6 is 11.3 Å². The first-order valence-corrected chi connectivity index (χ1v) is 16.1. The normalized spacial score (nSPS) is 22.0. The number of halogens is 1. The van der Waals surface area contributed by atoms with Gasteiger partial charge < -0.3 is 19.7 Å². The Morgan fingerprint density at radius 3 is 2.43 bits per heavy atom. The van der Waals surface area contributed by atoms with Crippen LogP contribution in [0.2, 0.25) is 0 Å². The molecule has 0 radical (unpaired) electrons. The summed E-state index contributed by atoms with van der Waals surface area (Å²) in [7, 11) is -3.71. The summed E-state index contributed by atoms with van der Waals surface area (Å²) in [5, 5.41) is 4.87. The lowest BCUT2D eigenvalue weighted by Crippen LogP contribution is -2.38. The molecule has 3 aromatic rings. The molecule has 0 spiro atoms. The van der Waals surface area contributed by atoms with E-state index in [1.807, 2.05) is 4.90 Å². The molecule has 2 atom stereocenters. The second kappa shape index (κ2) is 11.6. The Morgan fingerprint density at radius 1 is 1.10 bits per heavy atom. The maximum atomic E-state index is 15.3. The lowest BCUT2D eigenvalue weighted by molar-refractivity contribution is -0.114. The SMILES string of the molecule is CC(=O)Nc1ccc(S(=O)(=O)N2CC3C(CN(C(=O)Oc4cccs4)c4ccc(N5CCOCC5)c(F)c4)C3C2)cc1. The van der Waals surface area contributed by atoms with Crippen molar-refractivity contribution in [3.05, 3.63) is 65.8 Å². The summed E-state index contributed by atoms with van der Waals surface area (Å²) in [6.07, 6.45) is -0.607. The van der Waals surface area contributed by atoms with Crippen molar-refractivity contribution in [2.75, 3.05) is 61.1 Å². The maximum absolute atomic E-state index is 15.3. The number of amides is 2. The summed E-state index contributed by atoms with van der Waals surface area (Å²) in [6, 6.07) is 14.3. The van der Waals surface area contributed by atoms with Crippen LogP contribution < -0.4 is 19.9 Å². The van der Waals surface area contributed by atoms with Crippen LogP contribution in [-0.4, -0.2) is 70.7 Å². The van der Waals surface area contributed by atoms with Gasteiger partial charge >= 0.3 is 6.09 Å². The first-order valence-electron chi connectivity index (χ1n) is 13.7. The zero-order valence-corrected chi connectivity index (χ0v) is 24.6. The quantitative estimate of drug-likeness (QED) is 0.404. The van der Waals surface area contributed by atoms with Crippen LogP contribution in [-0.2, 0) is 19.6 Å². The van der Waals surface area contributed by atoms with Gasteiger partial charge in [-0.1, -0.05) is 0 Å². The van der Waals surface area contributed by atoms with Gasteiger partial charge in [0.15, 0.2) is 5.06 Å². The lowest BCUT2D eigenvalue weighted by Gasteiger charge is -2.30. The predicted molar refractivity (Wildman–Crippen MR) is 157 cm³/mol. The van der Waals surface area contributed by atoms with Crippen LogP contribution in [0.1, 0.15) is 6.92 Å². The number of nitrogens with zero attached hydrogens (tertiary/aromatic N) is 3. The first-order chi connectivity index (χ1) is 20.2. The number of nitrogens with one attached hydrogen (secondary N) is 1. The van der Waals surface area contributed by atoms with E-state index >= 15 is 4.39 Å². The molecule has 42 heavy (non-hydrogen) atoms. The van der Waals surface area contributed by atoms with Gasteiger partial charge in [0, 0.05) is 45.3 Å². The van der Waals surface area contributed by atoms with Gasteiger partial charge in [-0.25, -0.2) is 17.6 Å². The summed E-state index contributed by atoms with van der Waals surface area (Å²) in [5.41, 5.74) is 1.37. The Bertz CT molecular complexity index is 1550. The molecule has 3 heterocycles.